The van der Waals surface area contributed by atoms with Gasteiger partial charge in [-0.15, -0.1) is 11.6 Å². The Morgan fingerprint density at radius 2 is 2.05 bits per heavy atom. The molecule has 6 heteroatoms. The highest BCUT2D eigenvalue weighted by molar-refractivity contribution is 6.32. The van der Waals surface area contributed by atoms with Crippen molar-refractivity contribution in [2.24, 2.45) is 5.41 Å². The van der Waals surface area contributed by atoms with Crippen molar-refractivity contribution >= 4 is 29.1 Å². The molecule has 0 radical (unpaired) electrons. The fraction of sp³-hybridized carbons (Fsp3) is 0.533. The molecule has 1 N–H and O–H groups in total. The Balaban J connectivity index is 2.86. The van der Waals surface area contributed by atoms with Crippen LogP contribution in [0, 0.1) is 5.41 Å². The summed E-state index contributed by atoms with van der Waals surface area (Å²) in [5.74, 6) is 1.20. The van der Waals surface area contributed by atoms with E-state index in [4.69, 9.17) is 32.7 Å². The smallest absolute Gasteiger partial charge is 0.227 e. The van der Waals surface area contributed by atoms with Crippen LogP contribution in [0.3, 0.4) is 0 Å². The molecule has 0 heterocycles. The summed E-state index contributed by atoms with van der Waals surface area (Å²) in [5.41, 5.74) is 0.222. The molecule has 1 aromatic carbocycles. The van der Waals surface area contributed by atoms with E-state index in [1.165, 1.54) is 0 Å². The number of hydrogen-bond acceptors (Lipinski definition) is 3. The summed E-state index contributed by atoms with van der Waals surface area (Å²) in [6, 6.07) is 3.55. The van der Waals surface area contributed by atoms with Crippen molar-refractivity contribution in [1.29, 1.82) is 0 Å². The molecule has 0 unspecified atom stereocenters. The predicted octanol–water partition coefficient (Wildman–Crippen LogP) is 3.63. The van der Waals surface area contributed by atoms with Crippen molar-refractivity contribution in [3.8, 4) is 11.5 Å². The van der Waals surface area contributed by atoms with E-state index in [0.717, 1.165) is 5.56 Å². The number of ether oxygens (including phenoxy) is 2. The average Bonchev–Trinajstić information content (AvgIpc) is 2.46. The fourth-order valence-electron chi connectivity index (χ4n) is 1.64. The van der Waals surface area contributed by atoms with Crippen LogP contribution in [-0.2, 0) is 11.3 Å². The first-order chi connectivity index (χ1) is 9.85. The Labute approximate surface area is 135 Å². The van der Waals surface area contributed by atoms with Gasteiger partial charge in [0.2, 0.25) is 5.91 Å². The molecule has 1 rings (SSSR count). The van der Waals surface area contributed by atoms with Crippen molar-refractivity contribution in [1.82, 2.24) is 5.32 Å². The molecule has 0 aliphatic carbocycles. The topological polar surface area (TPSA) is 47.6 Å². The minimum Gasteiger partial charge on any atom is -0.493 e. The monoisotopic (exact) mass is 333 g/mol. The molecule has 0 aromatic heterocycles. The first kappa shape index (κ1) is 17.9. The number of hydrogen-bond donors (Lipinski definition) is 1. The Morgan fingerprint density at radius 1 is 1.38 bits per heavy atom. The molecular weight excluding hydrogens is 313 g/mol. The summed E-state index contributed by atoms with van der Waals surface area (Å²) in [4.78, 5) is 12.0. The Bertz CT molecular complexity index is 504. The zero-order chi connectivity index (χ0) is 16.0. The van der Waals surface area contributed by atoms with Crippen LogP contribution in [0.5, 0.6) is 11.5 Å². The predicted molar refractivity (Wildman–Crippen MR) is 85.5 cm³/mol. The van der Waals surface area contributed by atoms with Gasteiger partial charge >= 0.3 is 0 Å². The number of benzene rings is 1. The van der Waals surface area contributed by atoms with Crippen molar-refractivity contribution in [2.75, 3.05) is 19.6 Å². The number of carbonyl (C=O) groups is 1. The molecule has 0 atom stereocenters. The van der Waals surface area contributed by atoms with E-state index >= 15 is 0 Å². The molecular formula is C15H21Cl2NO3. The maximum atomic E-state index is 12.0. The van der Waals surface area contributed by atoms with Gasteiger partial charge < -0.3 is 14.8 Å². The van der Waals surface area contributed by atoms with Gasteiger partial charge in [0.15, 0.2) is 11.5 Å². The Kier molecular flexibility index (Phi) is 6.62. The van der Waals surface area contributed by atoms with Crippen LogP contribution < -0.4 is 14.8 Å². The lowest BCUT2D eigenvalue weighted by atomic mass is 9.95. The highest BCUT2D eigenvalue weighted by Crippen LogP contribution is 2.36. The minimum atomic E-state index is -0.610. The summed E-state index contributed by atoms with van der Waals surface area (Å²) in [7, 11) is 1.55. The number of amides is 1. The van der Waals surface area contributed by atoms with Gasteiger partial charge in [-0.2, -0.15) is 0 Å². The third-order valence-corrected chi connectivity index (χ3v) is 3.93. The molecule has 21 heavy (non-hydrogen) atoms. The van der Waals surface area contributed by atoms with Gasteiger partial charge in [-0.25, -0.2) is 0 Å². The van der Waals surface area contributed by atoms with Crippen molar-refractivity contribution in [3.05, 3.63) is 22.7 Å². The van der Waals surface area contributed by atoms with E-state index < -0.39 is 5.41 Å². The molecule has 1 amide bonds. The zero-order valence-electron chi connectivity index (χ0n) is 12.8. The molecule has 0 spiro atoms. The van der Waals surface area contributed by atoms with Gasteiger partial charge in [0, 0.05) is 12.4 Å². The van der Waals surface area contributed by atoms with Crippen LogP contribution in [0.25, 0.3) is 0 Å². The summed E-state index contributed by atoms with van der Waals surface area (Å²) in [6.45, 7) is 6.30. The van der Waals surface area contributed by atoms with E-state index in [1.807, 2.05) is 6.92 Å². The van der Waals surface area contributed by atoms with E-state index in [9.17, 15) is 4.79 Å². The summed E-state index contributed by atoms with van der Waals surface area (Å²) < 4.78 is 10.7. The van der Waals surface area contributed by atoms with E-state index in [2.05, 4.69) is 5.32 Å². The van der Waals surface area contributed by atoms with Gasteiger partial charge in [-0.3, -0.25) is 4.79 Å². The minimum absolute atomic E-state index is 0.110. The molecule has 0 saturated carbocycles. The molecule has 118 valence electrons. The first-order valence-corrected chi connectivity index (χ1v) is 7.60. The zero-order valence-corrected chi connectivity index (χ0v) is 14.3. The van der Waals surface area contributed by atoms with E-state index in [0.29, 0.717) is 29.7 Å². The average molecular weight is 334 g/mol. The summed E-state index contributed by atoms with van der Waals surface area (Å²) in [6.07, 6.45) is 0. The first-order valence-electron chi connectivity index (χ1n) is 6.69. The van der Waals surface area contributed by atoms with Crippen molar-refractivity contribution in [3.63, 3.8) is 0 Å². The lowest BCUT2D eigenvalue weighted by Gasteiger charge is -2.20. The van der Waals surface area contributed by atoms with Crippen LogP contribution in [0.1, 0.15) is 26.3 Å². The van der Waals surface area contributed by atoms with Crippen molar-refractivity contribution < 1.29 is 14.3 Å². The van der Waals surface area contributed by atoms with Crippen LogP contribution in [0.2, 0.25) is 5.02 Å². The molecule has 1 aromatic rings. The largest absolute Gasteiger partial charge is 0.493 e. The Morgan fingerprint density at radius 3 is 2.57 bits per heavy atom. The Hall–Kier alpha value is -1.13. The molecule has 0 bridgehead atoms. The van der Waals surface area contributed by atoms with Crippen LogP contribution in [0.4, 0.5) is 0 Å². The quantitative estimate of drug-likeness (QED) is 0.775. The fourth-order valence-corrected chi connectivity index (χ4v) is 2.05. The lowest BCUT2D eigenvalue weighted by molar-refractivity contribution is -0.128. The maximum absolute atomic E-state index is 12.0. The van der Waals surface area contributed by atoms with E-state index in [1.54, 1.807) is 33.1 Å². The third-order valence-electron chi connectivity index (χ3n) is 2.98. The van der Waals surface area contributed by atoms with Gasteiger partial charge in [0.1, 0.15) is 0 Å². The number of rotatable bonds is 7. The summed E-state index contributed by atoms with van der Waals surface area (Å²) in [5, 5.41) is 3.30. The van der Waals surface area contributed by atoms with Gasteiger partial charge in [-0.1, -0.05) is 11.6 Å². The highest BCUT2D eigenvalue weighted by atomic mass is 35.5. The molecule has 0 aliphatic heterocycles. The third kappa shape index (κ3) is 4.68. The number of alkyl halides is 1. The van der Waals surface area contributed by atoms with Gasteiger partial charge in [-0.05, 0) is 38.5 Å². The number of methoxy groups -OCH3 is 1. The molecule has 0 aliphatic rings. The van der Waals surface area contributed by atoms with Gasteiger partial charge in [0.05, 0.1) is 24.2 Å². The SMILES string of the molecule is CCOc1c(Cl)cc(CNC(=O)C(C)(C)CCl)cc1OC. The highest BCUT2D eigenvalue weighted by Gasteiger charge is 2.26. The maximum Gasteiger partial charge on any atom is 0.227 e. The van der Waals surface area contributed by atoms with Crippen LogP contribution >= 0.6 is 23.2 Å². The number of halogens is 2. The second kappa shape index (κ2) is 7.76. The van der Waals surface area contributed by atoms with E-state index in [-0.39, 0.29) is 11.8 Å². The molecule has 4 nitrogen and oxygen atoms in total. The molecule has 0 fully saturated rings. The number of nitrogens with one attached hydrogen (secondary N) is 1. The lowest BCUT2D eigenvalue weighted by Crippen LogP contribution is -2.37. The van der Waals surface area contributed by atoms with Gasteiger partial charge in [0.25, 0.3) is 0 Å². The normalized spacial score (nSPS) is 11.1. The van der Waals surface area contributed by atoms with Crippen molar-refractivity contribution in [2.45, 2.75) is 27.3 Å². The standard InChI is InChI=1S/C15H21Cl2NO3/c1-5-21-13-11(17)6-10(7-12(13)20-4)8-18-14(19)15(2,3)9-16/h6-7H,5,8-9H2,1-4H3,(H,18,19). The second-order valence-corrected chi connectivity index (χ2v) is 5.92. The van der Waals surface area contributed by atoms with Crippen LogP contribution in [-0.4, -0.2) is 25.5 Å². The second-order valence-electron chi connectivity index (χ2n) is 5.24. The molecule has 0 saturated heterocycles. The van der Waals surface area contributed by atoms with Crippen LogP contribution in [0.15, 0.2) is 12.1 Å². The summed E-state index contributed by atoms with van der Waals surface area (Å²) >= 11 is 12.0. The number of carbonyl (C=O) groups excluding carboxylic acids is 1.